The fourth-order valence-corrected chi connectivity index (χ4v) is 0.861. The van der Waals surface area contributed by atoms with E-state index in [0.29, 0.717) is 0 Å². The third kappa shape index (κ3) is 1.72. The summed E-state index contributed by atoms with van der Waals surface area (Å²) in [4.78, 5) is 2.90. The normalized spacial score (nSPS) is 10.1. The van der Waals surface area contributed by atoms with Crippen LogP contribution in [0, 0.1) is 17.6 Å². The molecule has 3 N–H and O–H groups in total. The summed E-state index contributed by atoms with van der Waals surface area (Å²) in [5, 5.41) is 0. The van der Waals surface area contributed by atoms with Gasteiger partial charge in [-0.05, 0) is 6.92 Å². The Morgan fingerprint density at radius 2 is 2.00 bits per heavy atom. The molecule has 14 heavy (non-hydrogen) atoms. The van der Waals surface area contributed by atoms with Crippen LogP contribution in [0.25, 0.3) is 0 Å². The lowest BCUT2D eigenvalue weighted by Gasteiger charge is -2.08. The molecule has 0 amide bonds. The van der Waals surface area contributed by atoms with Crippen LogP contribution in [0.3, 0.4) is 0 Å². The van der Waals surface area contributed by atoms with Crippen LogP contribution in [0.4, 0.5) is 19.0 Å². The van der Waals surface area contributed by atoms with Gasteiger partial charge in [0.15, 0.2) is 11.6 Å². The zero-order valence-electron chi connectivity index (χ0n) is 7.27. The van der Waals surface area contributed by atoms with Crippen molar-refractivity contribution >= 4 is 5.82 Å². The first kappa shape index (κ1) is 10.6. The zero-order valence-corrected chi connectivity index (χ0v) is 7.27. The van der Waals surface area contributed by atoms with Crippen molar-refractivity contribution < 1.29 is 17.9 Å². The molecule has 0 saturated heterocycles. The average molecular weight is 207 g/mol. The monoisotopic (exact) mass is 207 g/mol. The summed E-state index contributed by atoms with van der Waals surface area (Å²) in [6.07, 6.45) is 0. The Labute approximate surface area is 77.9 Å². The summed E-state index contributed by atoms with van der Waals surface area (Å²) in [5.74, 6) is -0.691. The van der Waals surface area contributed by atoms with Gasteiger partial charge in [0.25, 0.3) is 5.95 Å². The van der Waals surface area contributed by atoms with Crippen molar-refractivity contribution in [3.05, 3.63) is 17.6 Å². The summed E-state index contributed by atoms with van der Waals surface area (Å²) < 4.78 is 43.3. The van der Waals surface area contributed by atoms with E-state index in [-0.39, 0.29) is 6.61 Å². The fourth-order valence-electron chi connectivity index (χ4n) is 0.861. The van der Waals surface area contributed by atoms with Gasteiger partial charge in [0.05, 0.1) is 6.61 Å². The van der Waals surface area contributed by atoms with Crippen LogP contribution in [0.2, 0.25) is 0 Å². The molecule has 0 atom stereocenters. The maximum atomic E-state index is 13.2. The number of nitrogen functional groups attached to an aromatic ring is 1. The molecule has 0 unspecified atom stereocenters. The molecule has 0 aliphatic heterocycles. The molecule has 7 heteroatoms. The lowest BCUT2D eigenvalue weighted by atomic mass is 10.4. The first-order chi connectivity index (χ1) is 6.61. The Kier molecular flexibility index (Phi) is 3.13. The molecule has 1 aromatic heterocycles. The van der Waals surface area contributed by atoms with E-state index in [1.54, 1.807) is 5.43 Å². The summed E-state index contributed by atoms with van der Waals surface area (Å²) in [6.45, 7) is 1.51. The van der Waals surface area contributed by atoms with Crippen LogP contribution in [-0.4, -0.2) is 11.6 Å². The molecule has 0 radical (unpaired) electrons. The van der Waals surface area contributed by atoms with Gasteiger partial charge in [-0.25, -0.2) is 5.84 Å². The van der Waals surface area contributed by atoms with Gasteiger partial charge >= 0.3 is 0 Å². The third-order valence-electron chi connectivity index (χ3n) is 1.42. The van der Waals surface area contributed by atoms with E-state index >= 15 is 0 Å². The van der Waals surface area contributed by atoms with E-state index in [2.05, 4.69) is 9.72 Å². The molecular formula is C7H8F3N3O. The summed E-state index contributed by atoms with van der Waals surface area (Å²) in [6, 6.07) is 0. The second kappa shape index (κ2) is 4.14. The topological polar surface area (TPSA) is 60.2 Å². The van der Waals surface area contributed by atoms with Crippen molar-refractivity contribution in [1.82, 2.24) is 4.98 Å². The van der Waals surface area contributed by atoms with Crippen LogP contribution in [-0.2, 0) is 0 Å². The third-order valence-corrected chi connectivity index (χ3v) is 1.42. The van der Waals surface area contributed by atoms with Gasteiger partial charge in [0.1, 0.15) is 0 Å². The number of aromatic nitrogens is 1. The molecule has 1 rings (SSSR count). The van der Waals surface area contributed by atoms with Crippen molar-refractivity contribution in [2.24, 2.45) is 5.84 Å². The molecular weight excluding hydrogens is 199 g/mol. The number of nitrogens with zero attached hydrogens (tertiary/aromatic N) is 1. The molecule has 0 saturated carbocycles. The molecule has 0 aliphatic rings. The minimum atomic E-state index is -1.47. The molecule has 0 spiro atoms. The van der Waals surface area contributed by atoms with E-state index in [1.807, 2.05) is 0 Å². The lowest BCUT2D eigenvalue weighted by molar-refractivity contribution is 0.292. The first-order valence-electron chi connectivity index (χ1n) is 3.75. The molecule has 0 fully saturated rings. The van der Waals surface area contributed by atoms with Gasteiger partial charge in [-0.2, -0.15) is 18.2 Å². The van der Waals surface area contributed by atoms with Gasteiger partial charge in [-0.15, -0.1) is 0 Å². The molecule has 0 aliphatic carbocycles. The highest BCUT2D eigenvalue weighted by molar-refractivity contribution is 5.43. The quantitative estimate of drug-likeness (QED) is 0.444. The van der Waals surface area contributed by atoms with E-state index in [0.717, 1.165) is 0 Å². The lowest BCUT2D eigenvalue weighted by Crippen LogP contribution is -2.14. The predicted octanol–water partition coefficient (Wildman–Crippen LogP) is 1.18. The van der Waals surface area contributed by atoms with Crippen LogP contribution in [0.5, 0.6) is 5.75 Å². The standard InChI is InChI=1S/C7H8F3N3O/c1-2-14-5-3(8)6(10)12-7(13-11)4(5)9/h2,11H2,1H3,(H,12,13). The fraction of sp³-hybridized carbons (Fsp3) is 0.286. The highest BCUT2D eigenvalue weighted by atomic mass is 19.2. The highest BCUT2D eigenvalue weighted by Crippen LogP contribution is 2.27. The van der Waals surface area contributed by atoms with Gasteiger partial charge in [-0.3, -0.25) is 0 Å². The number of rotatable bonds is 3. The molecule has 0 aromatic carbocycles. The zero-order chi connectivity index (χ0) is 10.7. The Hall–Kier alpha value is -1.50. The average Bonchev–Trinajstić information content (AvgIpc) is 2.18. The minimum Gasteiger partial charge on any atom is -0.488 e. The van der Waals surface area contributed by atoms with E-state index < -0.39 is 29.1 Å². The number of nitrogens with one attached hydrogen (secondary N) is 1. The van der Waals surface area contributed by atoms with Crippen molar-refractivity contribution in [2.75, 3.05) is 12.0 Å². The van der Waals surface area contributed by atoms with Crippen molar-refractivity contribution in [2.45, 2.75) is 6.92 Å². The molecule has 78 valence electrons. The number of hydrogen-bond donors (Lipinski definition) is 2. The number of hydrazine groups is 1. The largest absolute Gasteiger partial charge is 0.488 e. The number of anilines is 1. The Balaban J connectivity index is 3.29. The Morgan fingerprint density at radius 3 is 2.50 bits per heavy atom. The maximum Gasteiger partial charge on any atom is 0.255 e. The second-order valence-electron chi connectivity index (χ2n) is 2.29. The number of ether oxygens (including phenoxy) is 1. The molecule has 1 aromatic rings. The molecule has 0 bridgehead atoms. The van der Waals surface area contributed by atoms with Crippen molar-refractivity contribution in [3.63, 3.8) is 0 Å². The second-order valence-corrected chi connectivity index (χ2v) is 2.29. The van der Waals surface area contributed by atoms with Gasteiger partial charge < -0.3 is 10.2 Å². The van der Waals surface area contributed by atoms with E-state index in [1.165, 1.54) is 6.92 Å². The smallest absolute Gasteiger partial charge is 0.255 e. The Morgan fingerprint density at radius 1 is 1.36 bits per heavy atom. The molecule has 4 nitrogen and oxygen atoms in total. The summed E-state index contributed by atoms with van der Waals surface area (Å²) in [7, 11) is 0. The Bertz CT molecular complexity index is 345. The number of hydrogen-bond acceptors (Lipinski definition) is 4. The van der Waals surface area contributed by atoms with Crippen molar-refractivity contribution in [1.29, 1.82) is 0 Å². The summed E-state index contributed by atoms with van der Waals surface area (Å²) in [5.41, 5.74) is 1.79. The predicted molar refractivity (Wildman–Crippen MR) is 43.1 cm³/mol. The number of nitrogens with two attached hydrogens (primary N) is 1. The van der Waals surface area contributed by atoms with Gasteiger partial charge in [0, 0.05) is 0 Å². The van der Waals surface area contributed by atoms with E-state index in [4.69, 9.17) is 5.84 Å². The van der Waals surface area contributed by atoms with Crippen LogP contribution in [0.15, 0.2) is 0 Å². The number of pyridine rings is 1. The van der Waals surface area contributed by atoms with Crippen LogP contribution in [0.1, 0.15) is 6.92 Å². The van der Waals surface area contributed by atoms with E-state index in [9.17, 15) is 13.2 Å². The van der Waals surface area contributed by atoms with Crippen LogP contribution < -0.4 is 16.0 Å². The van der Waals surface area contributed by atoms with Crippen LogP contribution >= 0.6 is 0 Å². The minimum absolute atomic E-state index is 0.00129. The summed E-state index contributed by atoms with van der Waals surface area (Å²) >= 11 is 0. The van der Waals surface area contributed by atoms with Gasteiger partial charge in [0.2, 0.25) is 11.6 Å². The van der Waals surface area contributed by atoms with Gasteiger partial charge in [-0.1, -0.05) is 0 Å². The SMILES string of the molecule is CCOc1c(F)c(F)nc(NN)c1F. The number of halogens is 3. The first-order valence-corrected chi connectivity index (χ1v) is 3.75. The highest BCUT2D eigenvalue weighted by Gasteiger charge is 2.21. The maximum absolute atomic E-state index is 13.2. The van der Waals surface area contributed by atoms with Crippen molar-refractivity contribution in [3.8, 4) is 5.75 Å². The molecule has 1 heterocycles.